The molecule has 38 heavy (non-hydrogen) atoms. The number of alkyl carbamates (subject to hydrolysis) is 1. The fourth-order valence-corrected chi connectivity index (χ4v) is 3.75. The summed E-state index contributed by atoms with van der Waals surface area (Å²) in [6.07, 6.45) is 8.52. The lowest BCUT2D eigenvalue weighted by molar-refractivity contribution is -0.142. The largest absolute Gasteiger partial charge is 0.480 e. The molecule has 5 amide bonds. The maximum atomic E-state index is 12.7. The average molecular weight is 542 g/mol. The summed E-state index contributed by atoms with van der Waals surface area (Å²) in [7, 11) is 0. The number of hydrogen-bond donors (Lipinski definition) is 6. The van der Waals surface area contributed by atoms with E-state index in [1.807, 2.05) is 0 Å². The fraction of sp³-hybridized carbons (Fsp3) is 0.720. The van der Waals surface area contributed by atoms with Crippen LogP contribution >= 0.6 is 0 Å². The summed E-state index contributed by atoms with van der Waals surface area (Å²) in [5.41, 5.74) is 4.97. The second-order valence-electron chi connectivity index (χ2n) is 9.42. The van der Waals surface area contributed by atoms with E-state index < -0.39 is 42.0 Å². The molecule has 3 atom stereocenters. The van der Waals surface area contributed by atoms with Gasteiger partial charge in [-0.15, -0.1) is 0 Å². The van der Waals surface area contributed by atoms with Gasteiger partial charge in [-0.2, -0.15) is 0 Å². The van der Waals surface area contributed by atoms with Gasteiger partial charge >= 0.3 is 18.1 Å². The Kier molecular flexibility index (Phi) is 16.2. The number of urea groups is 1. The fourth-order valence-electron chi connectivity index (χ4n) is 3.75. The summed E-state index contributed by atoms with van der Waals surface area (Å²) in [4.78, 5) is 59.2. The molecule has 0 spiro atoms. The third-order valence-corrected chi connectivity index (χ3v) is 5.83. The van der Waals surface area contributed by atoms with E-state index in [1.54, 1.807) is 13.8 Å². The zero-order valence-corrected chi connectivity index (χ0v) is 22.3. The number of aliphatic carboxylic acids is 1. The molecule has 0 saturated carbocycles. The van der Waals surface area contributed by atoms with Crippen LogP contribution in [0.25, 0.3) is 0 Å². The highest BCUT2D eigenvalue weighted by atomic mass is 16.6. The molecule has 13 nitrogen and oxygen atoms in total. The number of nitrogens with one attached hydrogen (secondary N) is 4. The second-order valence-corrected chi connectivity index (χ2v) is 9.42. The summed E-state index contributed by atoms with van der Waals surface area (Å²) < 4.78 is 10.8. The topological polar surface area (TPSA) is 198 Å². The molecule has 1 rings (SSSR count). The van der Waals surface area contributed by atoms with Gasteiger partial charge in [-0.1, -0.05) is 26.0 Å². The van der Waals surface area contributed by atoms with E-state index in [1.165, 1.54) is 0 Å². The van der Waals surface area contributed by atoms with Crippen LogP contribution in [-0.4, -0.2) is 79.5 Å². The predicted molar refractivity (Wildman–Crippen MR) is 139 cm³/mol. The average Bonchev–Trinajstić information content (AvgIpc) is 2.82. The zero-order chi connectivity index (χ0) is 28.3. The van der Waals surface area contributed by atoms with E-state index in [9.17, 15) is 29.1 Å². The van der Waals surface area contributed by atoms with Crippen molar-refractivity contribution in [3.05, 3.63) is 12.2 Å². The third-order valence-electron chi connectivity index (χ3n) is 5.83. The second kappa shape index (κ2) is 18.8. The third kappa shape index (κ3) is 15.0. The molecule has 0 bridgehead atoms. The lowest BCUT2D eigenvalue weighted by Crippen LogP contribution is -2.53. The predicted octanol–water partition coefficient (Wildman–Crippen LogP) is 1.17. The number of allylic oxidation sites excluding steroid dienone is 2. The molecule has 0 aromatic rings. The minimum Gasteiger partial charge on any atom is -0.480 e. The van der Waals surface area contributed by atoms with Gasteiger partial charge in [0.05, 0.1) is 13.2 Å². The van der Waals surface area contributed by atoms with Crippen molar-refractivity contribution in [1.82, 2.24) is 21.3 Å². The van der Waals surface area contributed by atoms with Crippen molar-refractivity contribution in [3.63, 3.8) is 0 Å². The first-order valence-corrected chi connectivity index (χ1v) is 13.1. The van der Waals surface area contributed by atoms with Crippen LogP contribution in [0.2, 0.25) is 0 Å². The molecular weight excluding hydrogens is 498 g/mol. The smallest absolute Gasteiger partial charge is 0.407 e. The van der Waals surface area contributed by atoms with E-state index in [0.717, 1.165) is 32.1 Å². The summed E-state index contributed by atoms with van der Waals surface area (Å²) in [5.74, 6) is -2.57. The van der Waals surface area contributed by atoms with Crippen molar-refractivity contribution in [2.75, 3.05) is 26.3 Å². The number of hydrogen-bond acceptors (Lipinski definition) is 7. The lowest BCUT2D eigenvalue weighted by Gasteiger charge is -2.24. The molecule has 0 radical (unpaired) electrons. The Hall–Kier alpha value is -3.35. The van der Waals surface area contributed by atoms with Crippen LogP contribution in [0.1, 0.15) is 65.2 Å². The van der Waals surface area contributed by atoms with E-state index in [0.29, 0.717) is 6.42 Å². The minimum absolute atomic E-state index is 0.0162. The highest BCUT2D eigenvalue weighted by Gasteiger charge is 2.28. The molecule has 0 aliphatic heterocycles. The van der Waals surface area contributed by atoms with Crippen LogP contribution in [0.3, 0.4) is 0 Å². The van der Waals surface area contributed by atoms with Crippen LogP contribution < -0.4 is 27.0 Å². The maximum absolute atomic E-state index is 12.7. The molecular formula is C25H43N5O8. The Morgan fingerprint density at radius 2 is 1.74 bits per heavy atom. The van der Waals surface area contributed by atoms with Crippen molar-refractivity contribution < 1.29 is 38.6 Å². The molecule has 0 aromatic carbocycles. The molecule has 0 fully saturated rings. The number of carbonyl (C=O) groups excluding carboxylic acids is 4. The molecule has 0 heterocycles. The Morgan fingerprint density at radius 1 is 1.00 bits per heavy atom. The number of amides is 5. The maximum Gasteiger partial charge on any atom is 0.407 e. The number of carboxylic acid groups (broad SMARTS) is 1. The Balaban J connectivity index is 2.31. The van der Waals surface area contributed by atoms with Gasteiger partial charge in [0.2, 0.25) is 11.8 Å². The van der Waals surface area contributed by atoms with Crippen molar-refractivity contribution >= 4 is 29.9 Å². The van der Waals surface area contributed by atoms with Gasteiger partial charge in [0.15, 0.2) is 0 Å². The standard InChI is InChI=1S/C25H43N5O8/c1-17(2)21(22(32)29-19(23(33)34)11-8-13-27-24(26)35)30-20(31)12-15-37-16-14-28-25(36)38-18-9-6-4-3-5-7-10-18/h3-4,17-19,21H,5-16H2,1-2H3,(H,28,36)(H,29,32)(H,30,31)(H,33,34)(H3,26,27,35)/b4-3+/t18?,19-,21+/m0/s1. The molecule has 1 unspecified atom stereocenters. The van der Waals surface area contributed by atoms with Crippen LogP contribution in [0, 0.1) is 5.92 Å². The number of primary amides is 1. The lowest BCUT2D eigenvalue weighted by atomic mass is 10.0. The number of carbonyl (C=O) groups is 5. The van der Waals surface area contributed by atoms with Crippen LogP contribution in [-0.2, 0) is 23.9 Å². The molecule has 1 aliphatic rings. The first-order chi connectivity index (χ1) is 18.1. The number of carboxylic acids is 1. The van der Waals surface area contributed by atoms with Crippen LogP contribution in [0.15, 0.2) is 12.2 Å². The van der Waals surface area contributed by atoms with E-state index >= 15 is 0 Å². The Labute approximate surface area is 223 Å². The molecule has 13 heteroatoms. The molecule has 0 aromatic heterocycles. The summed E-state index contributed by atoms with van der Waals surface area (Å²) >= 11 is 0. The SMILES string of the molecule is CC(C)[C@@H](NC(=O)CCOCCNC(=O)OC1CC/C=C/CCC1)C(=O)N[C@@H](CCCNC(N)=O)C(=O)O. The number of ether oxygens (including phenoxy) is 2. The summed E-state index contributed by atoms with van der Waals surface area (Å²) in [5, 5.41) is 19.4. The first kappa shape index (κ1) is 32.7. The van der Waals surface area contributed by atoms with Crippen LogP contribution in [0.5, 0.6) is 0 Å². The van der Waals surface area contributed by atoms with Gasteiger partial charge in [-0.3, -0.25) is 9.59 Å². The van der Waals surface area contributed by atoms with E-state index in [2.05, 4.69) is 33.4 Å². The van der Waals surface area contributed by atoms with Gasteiger partial charge in [0, 0.05) is 19.5 Å². The van der Waals surface area contributed by atoms with Crippen molar-refractivity contribution in [1.29, 1.82) is 0 Å². The van der Waals surface area contributed by atoms with Crippen molar-refractivity contribution in [2.45, 2.75) is 83.4 Å². The normalized spacial score (nSPS) is 17.7. The summed E-state index contributed by atoms with van der Waals surface area (Å²) in [6.45, 7) is 4.13. The molecule has 0 saturated heterocycles. The van der Waals surface area contributed by atoms with Gasteiger partial charge in [0.25, 0.3) is 0 Å². The van der Waals surface area contributed by atoms with E-state index in [-0.39, 0.29) is 51.2 Å². The van der Waals surface area contributed by atoms with Gasteiger partial charge in [-0.05, 0) is 50.9 Å². The zero-order valence-electron chi connectivity index (χ0n) is 22.3. The molecule has 7 N–H and O–H groups in total. The van der Waals surface area contributed by atoms with Gasteiger partial charge in [-0.25, -0.2) is 14.4 Å². The highest BCUT2D eigenvalue weighted by molar-refractivity contribution is 5.90. The van der Waals surface area contributed by atoms with Crippen LogP contribution in [0.4, 0.5) is 9.59 Å². The molecule has 216 valence electrons. The van der Waals surface area contributed by atoms with Gasteiger partial charge in [0.1, 0.15) is 18.2 Å². The molecule has 1 aliphatic carbocycles. The van der Waals surface area contributed by atoms with Crippen molar-refractivity contribution in [2.24, 2.45) is 11.7 Å². The highest BCUT2D eigenvalue weighted by Crippen LogP contribution is 2.15. The minimum atomic E-state index is -1.22. The number of nitrogens with two attached hydrogens (primary N) is 1. The Morgan fingerprint density at radius 3 is 2.42 bits per heavy atom. The van der Waals surface area contributed by atoms with Crippen molar-refractivity contribution in [3.8, 4) is 0 Å². The van der Waals surface area contributed by atoms with E-state index in [4.69, 9.17) is 15.2 Å². The quantitative estimate of drug-likeness (QED) is 0.124. The summed E-state index contributed by atoms with van der Waals surface area (Å²) in [6, 6.07) is -2.83. The van der Waals surface area contributed by atoms with Gasteiger partial charge < -0.3 is 41.6 Å². The first-order valence-electron chi connectivity index (χ1n) is 13.1. The Bertz CT molecular complexity index is 805. The monoisotopic (exact) mass is 541 g/mol. The number of rotatable bonds is 16.